The van der Waals surface area contributed by atoms with Gasteiger partial charge in [-0.15, -0.1) is 0 Å². The molecule has 0 bridgehead atoms. The highest BCUT2D eigenvalue weighted by atomic mass is 19.3. The van der Waals surface area contributed by atoms with Crippen LogP contribution in [0.1, 0.15) is 38.3 Å². The normalized spacial score (nSPS) is 11.4. The largest absolute Gasteiger partial charge is 0.467 e. The third-order valence-corrected chi connectivity index (χ3v) is 2.63. The zero-order valence-electron chi connectivity index (χ0n) is 12.9. The number of hydrogen-bond donors (Lipinski definition) is 1. The van der Waals surface area contributed by atoms with Gasteiger partial charge in [-0.3, -0.25) is 4.79 Å². The van der Waals surface area contributed by atoms with Crippen LogP contribution in [0.4, 0.5) is 8.78 Å². The van der Waals surface area contributed by atoms with Crippen molar-refractivity contribution in [3.8, 4) is 5.75 Å². The highest BCUT2D eigenvalue weighted by molar-refractivity contribution is 5.91. The number of carbonyl (C=O) groups excluding carboxylic acids is 1. The molecule has 6 heteroatoms. The van der Waals surface area contributed by atoms with Gasteiger partial charge in [0.1, 0.15) is 5.75 Å². The molecule has 1 aromatic carbocycles. The van der Waals surface area contributed by atoms with Gasteiger partial charge in [0.25, 0.3) is 6.43 Å². The SMILES string of the molecule is CCOCOc1ccc(/C=C/C(=O)NC(C)C)cc1C(F)F. The van der Waals surface area contributed by atoms with E-state index >= 15 is 0 Å². The van der Waals surface area contributed by atoms with Gasteiger partial charge >= 0.3 is 0 Å². The van der Waals surface area contributed by atoms with Crippen molar-refractivity contribution in [2.75, 3.05) is 13.4 Å². The fourth-order valence-corrected chi connectivity index (χ4v) is 1.67. The zero-order valence-corrected chi connectivity index (χ0v) is 12.9. The Bertz CT molecular complexity index is 516. The van der Waals surface area contributed by atoms with Crippen LogP contribution in [0.2, 0.25) is 0 Å². The van der Waals surface area contributed by atoms with Crippen LogP contribution in [0.5, 0.6) is 5.75 Å². The van der Waals surface area contributed by atoms with Crippen molar-refractivity contribution in [2.45, 2.75) is 33.2 Å². The molecule has 0 aliphatic rings. The molecule has 122 valence electrons. The second kappa shape index (κ2) is 9.15. The first-order valence-corrected chi connectivity index (χ1v) is 7.05. The summed E-state index contributed by atoms with van der Waals surface area (Å²) < 4.78 is 36.3. The lowest BCUT2D eigenvalue weighted by atomic mass is 10.1. The standard InChI is InChI=1S/C16H21F2NO3/c1-4-21-10-22-14-7-5-12(9-13(14)16(17)18)6-8-15(20)19-11(2)3/h5-9,11,16H,4,10H2,1-3H3,(H,19,20)/b8-6+. The van der Waals surface area contributed by atoms with Gasteiger partial charge in [-0.2, -0.15) is 0 Å². The molecule has 0 heterocycles. The molecule has 22 heavy (non-hydrogen) atoms. The Kier molecular flexibility index (Phi) is 7.52. The van der Waals surface area contributed by atoms with E-state index in [1.54, 1.807) is 13.0 Å². The van der Waals surface area contributed by atoms with Crippen LogP contribution in [0, 0.1) is 0 Å². The predicted molar refractivity (Wildman–Crippen MR) is 80.8 cm³/mol. The van der Waals surface area contributed by atoms with Crippen molar-refractivity contribution < 1.29 is 23.0 Å². The summed E-state index contributed by atoms with van der Waals surface area (Å²) in [5, 5.41) is 2.68. The van der Waals surface area contributed by atoms with Crippen molar-refractivity contribution in [3.05, 3.63) is 35.4 Å². The van der Waals surface area contributed by atoms with Gasteiger partial charge in [-0.25, -0.2) is 8.78 Å². The second-order valence-electron chi connectivity index (χ2n) is 4.85. The van der Waals surface area contributed by atoms with Gasteiger partial charge in [0, 0.05) is 18.7 Å². The van der Waals surface area contributed by atoms with Gasteiger partial charge in [0.2, 0.25) is 5.91 Å². The monoisotopic (exact) mass is 313 g/mol. The molecule has 0 unspecified atom stereocenters. The van der Waals surface area contributed by atoms with E-state index in [0.717, 1.165) is 0 Å². The molecule has 0 aliphatic carbocycles. The van der Waals surface area contributed by atoms with Gasteiger partial charge in [-0.1, -0.05) is 6.07 Å². The number of carbonyl (C=O) groups is 1. The summed E-state index contributed by atoms with van der Waals surface area (Å²) in [6, 6.07) is 4.36. The molecule has 0 atom stereocenters. The Hall–Kier alpha value is -1.95. The molecule has 1 N–H and O–H groups in total. The number of halogens is 2. The lowest BCUT2D eigenvalue weighted by Gasteiger charge is -2.11. The molecule has 0 aliphatic heterocycles. The molecular formula is C16H21F2NO3. The summed E-state index contributed by atoms with van der Waals surface area (Å²) in [6.07, 6.45) is 0.121. The Morgan fingerprint density at radius 1 is 1.36 bits per heavy atom. The van der Waals surface area contributed by atoms with E-state index in [2.05, 4.69) is 5.32 Å². The Balaban J connectivity index is 2.83. The molecule has 0 aromatic heterocycles. The minimum atomic E-state index is -2.67. The maximum atomic E-state index is 13.1. The van der Waals surface area contributed by atoms with Crippen LogP contribution >= 0.6 is 0 Å². The number of benzene rings is 1. The van der Waals surface area contributed by atoms with Crippen LogP contribution in [0.3, 0.4) is 0 Å². The average molecular weight is 313 g/mol. The van der Waals surface area contributed by atoms with Crippen molar-refractivity contribution in [1.29, 1.82) is 0 Å². The average Bonchev–Trinajstić information content (AvgIpc) is 2.45. The summed E-state index contributed by atoms with van der Waals surface area (Å²) in [5.74, 6) is -0.197. The van der Waals surface area contributed by atoms with Crippen LogP contribution in [-0.4, -0.2) is 25.3 Å². The van der Waals surface area contributed by atoms with Crippen molar-refractivity contribution >= 4 is 12.0 Å². The maximum Gasteiger partial charge on any atom is 0.267 e. The highest BCUT2D eigenvalue weighted by Gasteiger charge is 2.14. The summed E-state index contributed by atoms with van der Waals surface area (Å²) in [6.45, 7) is 5.82. The Morgan fingerprint density at radius 2 is 2.09 bits per heavy atom. The number of nitrogens with one attached hydrogen (secondary N) is 1. The summed E-state index contributed by atoms with van der Waals surface area (Å²) >= 11 is 0. The maximum absolute atomic E-state index is 13.1. The van der Waals surface area contributed by atoms with E-state index in [1.807, 2.05) is 13.8 Å². The first-order valence-electron chi connectivity index (χ1n) is 7.05. The Morgan fingerprint density at radius 3 is 2.68 bits per heavy atom. The molecule has 1 aromatic rings. The molecule has 1 rings (SSSR count). The van der Waals surface area contributed by atoms with E-state index in [4.69, 9.17) is 9.47 Å². The van der Waals surface area contributed by atoms with Crippen LogP contribution in [0.25, 0.3) is 6.08 Å². The van der Waals surface area contributed by atoms with E-state index in [0.29, 0.717) is 12.2 Å². The minimum absolute atomic E-state index is 0.0168. The third-order valence-electron chi connectivity index (χ3n) is 2.63. The highest BCUT2D eigenvalue weighted by Crippen LogP contribution is 2.30. The van der Waals surface area contributed by atoms with Crippen molar-refractivity contribution in [3.63, 3.8) is 0 Å². The molecule has 0 radical (unpaired) electrons. The molecular weight excluding hydrogens is 292 g/mol. The summed E-state index contributed by atoms with van der Waals surface area (Å²) in [7, 11) is 0. The van der Waals surface area contributed by atoms with Crippen LogP contribution < -0.4 is 10.1 Å². The number of hydrogen-bond acceptors (Lipinski definition) is 3. The fraction of sp³-hybridized carbons (Fsp3) is 0.438. The molecule has 0 fully saturated rings. The van der Waals surface area contributed by atoms with Crippen molar-refractivity contribution in [2.24, 2.45) is 0 Å². The smallest absolute Gasteiger partial charge is 0.267 e. The number of alkyl halides is 2. The van der Waals surface area contributed by atoms with Gasteiger partial charge in [0.15, 0.2) is 6.79 Å². The molecule has 0 saturated carbocycles. The molecule has 0 saturated heterocycles. The first kappa shape index (κ1) is 18.1. The van der Waals surface area contributed by atoms with Crippen LogP contribution in [-0.2, 0) is 9.53 Å². The van der Waals surface area contributed by atoms with E-state index in [-0.39, 0.29) is 30.1 Å². The summed E-state index contributed by atoms with van der Waals surface area (Å²) in [4.78, 5) is 11.5. The van der Waals surface area contributed by atoms with Crippen molar-refractivity contribution in [1.82, 2.24) is 5.32 Å². The quantitative estimate of drug-likeness (QED) is 0.454. The number of rotatable bonds is 8. The predicted octanol–water partition coefficient (Wildman–Crippen LogP) is 3.53. The van der Waals surface area contributed by atoms with Crippen LogP contribution in [0.15, 0.2) is 24.3 Å². The lowest BCUT2D eigenvalue weighted by molar-refractivity contribution is -0.116. The molecule has 1 amide bonds. The van der Waals surface area contributed by atoms with Gasteiger partial charge in [-0.05, 0) is 44.5 Å². The van der Waals surface area contributed by atoms with E-state index in [9.17, 15) is 13.6 Å². The third kappa shape index (κ3) is 6.22. The zero-order chi connectivity index (χ0) is 16.5. The van der Waals surface area contributed by atoms with E-state index in [1.165, 1.54) is 24.3 Å². The number of amides is 1. The Labute approximate surface area is 129 Å². The first-order chi connectivity index (χ1) is 10.4. The second-order valence-corrected chi connectivity index (χ2v) is 4.85. The van der Waals surface area contributed by atoms with Gasteiger partial charge < -0.3 is 14.8 Å². The molecule has 4 nitrogen and oxygen atoms in total. The molecule has 0 spiro atoms. The topological polar surface area (TPSA) is 47.6 Å². The summed E-state index contributed by atoms with van der Waals surface area (Å²) in [5.41, 5.74) is 0.268. The number of ether oxygens (including phenoxy) is 2. The van der Waals surface area contributed by atoms with Gasteiger partial charge in [0.05, 0.1) is 5.56 Å². The minimum Gasteiger partial charge on any atom is -0.467 e. The van der Waals surface area contributed by atoms with E-state index < -0.39 is 6.43 Å². The fourth-order valence-electron chi connectivity index (χ4n) is 1.67. The lowest BCUT2D eigenvalue weighted by Crippen LogP contribution is -2.28.